The molecule has 1 aromatic carbocycles. The quantitative estimate of drug-likeness (QED) is 0.856. The van der Waals surface area contributed by atoms with Crippen LogP contribution in [0.15, 0.2) is 22.7 Å². The van der Waals surface area contributed by atoms with Gasteiger partial charge in [-0.25, -0.2) is 0 Å². The topological polar surface area (TPSA) is 12.0 Å². The van der Waals surface area contributed by atoms with E-state index in [2.05, 4.69) is 46.4 Å². The van der Waals surface area contributed by atoms with Gasteiger partial charge in [-0.2, -0.15) is 0 Å². The molecule has 2 heteroatoms. The lowest BCUT2D eigenvalue weighted by Crippen LogP contribution is -2.10. The van der Waals surface area contributed by atoms with Crippen LogP contribution in [0.2, 0.25) is 0 Å². The molecule has 0 saturated carbocycles. The van der Waals surface area contributed by atoms with Crippen LogP contribution in [0.1, 0.15) is 18.1 Å². The smallest absolute Gasteiger partial charge is 0.0180 e. The Morgan fingerprint density at radius 1 is 1.23 bits per heavy atom. The molecule has 72 valence electrons. The minimum atomic E-state index is 1.04. The molecule has 1 rings (SSSR count). The first-order chi connectivity index (χ1) is 6.26. The molecule has 0 fully saturated rings. The van der Waals surface area contributed by atoms with Crippen molar-refractivity contribution in [2.24, 2.45) is 0 Å². The number of halogens is 1. The van der Waals surface area contributed by atoms with Gasteiger partial charge in [0.2, 0.25) is 0 Å². The highest BCUT2D eigenvalue weighted by Gasteiger charge is 1.97. The van der Waals surface area contributed by atoms with Gasteiger partial charge in [-0.3, -0.25) is 0 Å². The lowest BCUT2D eigenvalue weighted by molar-refractivity contribution is 0.790. The molecule has 13 heavy (non-hydrogen) atoms. The second-order valence-corrected chi connectivity index (χ2v) is 4.09. The van der Waals surface area contributed by atoms with Crippen molar-refractivity contribution in [1.82, 2.24) is 5.32 Å². The highest BCUT2D eigenvalue weighted by molar-refractivity contribution is 9.10. The molecule has 0 atom stereocenters. The van der Waals surface area contributed by atoms with Crippen molar-refractivity contribution in [3.8, 4) is 0 Å². The SMILES string of the molecule is CCc1cc(Br)cc(CCNC)c1. The van der Waals surface area contributed by atoms with Crippen molar-refractivity contribution in [1.29, 1.82) is 0 Å². The Morgan fingerprint density at radius 2 is 1.92 bits per heavy atom. The summed E-state index contributed by atoms with van der Waals surface area (Å²) >= 11 is 3.53. The molecule has 1 nitrogen and oxygen atoms in total. The summed E-state index contributed by atoms with van der Waals surface area (Å²) in [6.07, 6.45) is 2.20. The molecule has 0 aliphatic carbocycles. The lowest BCUT2D eigenvalue weighted by atomic mass is 10.1. The lowest BCUT2D eigenvalue weighted by Gasteiger charge is -2.04. The van der Waals surface area contributed by atoms with Gasteiger partial charge in [0.05, 0.1) is 0 Å². The summed E-state index contributed by atoms with van der Waals surface area (Å²) in [4.78, 5) is 0. The van der Waals surface area contributed by atoms with Crippen molar-refractivity contribution < 1.29 is 0 Å². The van der Waals surface area contributed by atoms with E-state index in [0.717, 1.165) is 19.4 Å². The molecule has 1 N–H and O–H groups in total. The number of aryl methyl sites for hydroxylation is 1. The zero-order valence-corrected chi connectivity index (χ0v) is 9.82. The highest BCUT2D eigenvalue weighted by Crippen LogP contribution is 2.16. The highest BCUT2D eigenvalue weighted by atomic mass is 79.9. The summed E-state index contributed by atoms with van der Waals surface area (Å²) in [5, 5.41) is 3.16. The van der Waals surface area contributed by atoms with Gasteiger partial charge in [0.15, 0.2) is 0 Å². The maximum absolute atomic E-state index is 3.53. The van der Waals surface area contributed by atoms with Crippen LogP contribution in [0.25, 0.3) is 0 Å². The predicted octanol–water partition coefficient (Wildman–Crippen LogP) is 2.77. The van der Waals surface area contributed by atoms with Crippen LogP contribution in [0, 0.1) is 0 Å². The second-order valence-electron chi connectivity index (χ2n) is 3.17. The molecule has 1 aromatic rings. The van der Waals surface area contributed by atoms with Crippen molar-refractivity contribution in [3.05, 3.63) is 33.8 Å². The van der Waals surface area contributed by atoms with Gasteiger partial charge in [0, 0.05) is 4.47 Å². The number of rotatable bonds is 4. The van der Waals surface area contributed by atoms with Gasteiger partial charge in [-0.15, -0.1) is 0 Å². The molecular formula is C11H16BrN. The van der Waals surface area contributed by atoms with E-state index in [9.17, 15) is 0 Å². The van der Waals surface area contributed by atoms with Gasteiger partial charge < -0.3 is 5.32 Å². The first-order valence-corrected chi connectivity index (χ1v) is 5.48. The molecule has 0 unspecified atom stereocenters. The zero-order chi connectivity index (χ0) is 9.68. The third-order valence-corrected chi connectivity index (χ3v) is 2.55. The van der Waals surface area contributed by atoms with Crippen molar-refractivity contribution in [2.45, 2.75) is 19.8 Å². The Morgan fingerprint density at radius 3 is 2.54 bits per heavy atom. The van der Waals surface area contributed by atoms with E-state index >= 15 is 0 Å². The van der Waals surface area contributed by atoms with Gasteiger partial charge in [-0.1, -0.05) is 28.9 Å². The summed E-state index contributed by atoms with van der Waals surface area (Å²) in [5.41, 5.74) is 2.81. The summed E-state index contributed by atoms with van der Waals surface area (Å²) < 4.78 is 1.19. The van der Waals surface area contributed by atoms with E-state index in [0.29, 0.717) is 0 Å². The van der Waals surface area contributed by atoms with Crippen LogP contribution >= 0.6 is 15.9 Å². The fourth-order valence-electron chi connectivity index (χ4n) is 1.34. The van der Waals surface area contributed by atoms with E-state index in [4.69, 9.17) is 0 Å². The Bertz CT molecular complexity index is 271. The van der Waals surface area contributed by atoms with Crippen molar-refractivity contribution in [2.75, 3.05) is 13.6 Å². The largest absolute Gasteiger partial charge is 0.319 e. The van der Waals surface area contributed by atoms with Crippen molar-refractivity contribution in [3.63, 3.8) is 0 Å². The Hall–Kier alpha value is -0.340. The number of hydrogen-bond acceptors (Lipinski definition) is 1. The molecule has 0 aromatic heterocycles. The molecule has 0 radical (unpaired) electrons. The van der Waals surface area contributed by atoms with Crippen LogP contribution in [-0.2, 0) is 12.8 Å². The van der Waals surface area contributed by atoms with Crippen LogP contribution in [0.3, 0.4) is 0 Å². The van der Waals surface area contributed by atoms with Crippen molar-refractivity contribution >= 4 is 15.9 Å². The van der Waals surface area contributed by atoms with Crippen LogP contribution < -0.4 is 5.32 Å². The maximum atomic E-state index is 3.53. The maximum Gasteiger partial charge on any atom is 0.0180 e. The number of hydrogen-bond donors (Lipinski definition) is 1. The molecular weight excluding hydrogens is 226 g/mol. The second kappa shape index (κ2) is 5.40. The third-order valence-electron chi connectivity index (χ3n) is 2.09. The Labute approximate surface area is 88.7 Å². The fourth-order valence-corrected chi connectivity index (χ4v) is 1.92. The predicted molar refractivity (Wildman–Crippen MR) is 61.2 cm³/mol. The number of benzene rings is 1. The monoisotopic (exact) mass is 241 g/mol. The standard InChI is InChI=1S/C11H16BrN/c1-3-9-6-10(4-5-13-2)8-11(12)7-9/h6-8,13H,3-5H2,1-2H3. The average molecular weight is 242 g/mol. The van der Waals surface area contributed by atoms with Gasteiger partial charge in [0.1, 0.15) is 0 Å². The summed E-state index contributed by atoms with van der Waals surface area (Å²) in [7, 11) is 1.98. The minimum absolute atomic E-state index is 1.04. The first kappa shape index (κ1) is 10.7. The molecule has 0 aliphatic rings. The molecule has 0 bridgehead atoms. The molecule has 0 saturated heterocycles. The van der Waals surface area contributed by atoms with Gasteiger partial charge >= 0.3 is 0 Å². The first-order valence-electron chi connectivity index (χ1n) is 4.69. The van der Waals surface area contributed by atoms with E-state index in [-0.39, 0.29) is 0 Å². The average Bonchev–Trinajstić information content (AvgIpc) is 2.14. The van der Waals surface area contributed by atoms with Gasteiger partial charge in [-0.05, 0) is 49.7 Å². The van der Waals surface area contributed by atoms with Crippen LogP contribution in [0.4, 0.5) is 0 Å². The Kier molecular flexibility index (Phi) is 4.46. The summed E-state index contributed by atoms with van der Waals surface area (Å²) in [5.74, 6) is 0. The molecule has 0 amide bonds. The number of nitrogens with one attached hydrogen (secondary N) is 1. The molecule has 0 aliphatic heterocycles. The van der Waals surface area contributed by atoms with E-state index in [1.54, 1.807) is 0 Å². The van der Waals surface area contributed by atoms with E-state index in [1.165, 1.54) is 15.6 Å². The summed E-state index contributed by atoms with van der Waals surface area (Å²) in [6, 6.07) is 6.65. The fraction of sp³-hybridized carbons (Fsp3) is 0.455. The van der Waals surface area contributed by atoms with Gasteiger partial charge in [0.25, 0.3) is 0 Å². The third kappa shape index (κ3) is 3.49. The Balaban J connectivity index is 2.76. The summed E-state index contributed by atoms with van der Waals surface area (Å²) in [6.45, 7) is 3.23. The van der Waals surface area contributed by atoms with E-state index in [1.807, 2.05) is 7.05 Å². The van der Waals surface area contributed by atoms with E-state index < -0.39 is 0 Å². The van der Waals surface area contributed by atoms with Crippen LogP contribution in [-0.4, -0.2) is 13.6 Å². The molecule has 0 spiro atoms. The zero-order valence-electron chi connectivity index (χ0n) is 8.23. The normalized spacial score (nSPS) is 10.4. The number of likely N-dealkylation sites (N-methyl/N-ethyl adjacent to an activating group) is 1. The minimum Gasteiger partial charge on any atom is -0.319 e. The molecule has 0 heterocycles. The van der Waals surface area contributed by atoms with Crippen LogP contribution in [0.5, 0.6) is 0 Å².